The molecular formula is C22H26N4O2S2. The minimum Gasteiger partial charge on any atom is -0.462 e. The third kappa shape index (κ3) is 5.25. The largest absolute Gasteiger partial charge is 0.462 e. The van der Waals surface area contributed by atoms with E-state index in [2.05, 4.69) is 22.5 Å². The lowest BCUT2D eigenvalue weighted by Gasteiger charge is -2.20. The molecule has 2 heterocycles. The van der Waals surface area contributed by atoms with Crippen molar-refractivity contribution in [2.45, 2.75) is 26.8 Å². The molecule has 0 atom stereocenters. The highest BCUT2D eigenvalue weighted by Crippen LogP contribution is 2.31. The van der Waals surface area contributed by atoms with E-state index in [1.165, 1.54) is 16.9 Å². The monoisotopic (exact) mass is 442 g/mol. The van der Waals surface area contributed by atoms with Gasteiger partial charge in [-0.1, -0.05) is 30.3 Å². The molecule has 0 bridgehead atoms. The van der Waals surface area contributed by atoms with Gasteiger partial charge >= 0.3 is 5.97 Å². The summed E-state index contributed by atoms with van der Waals surface area (Å²) in [5.41, 5.74) is 3.90. The van der Waals surface area contributed by atoms with Gasteiger partial charge in [-0.3, -0.25) is 4.68 Å². The number of nitrogens with one attached hydrogen (secondary N) is 1. The van der Waals surface area contributed by atoms with E-state index in [1.54, 1.807) is 6.92 Å². The van der Waals surface area contributed by atoms with E-state index in [-0.39, 0.29) is 5.97 Å². The zero-order valence-electron chi connectivity index (χ0n) is 17.6. The van der Waals surface area contributed by atoms with Crippen LogP contribution in [-0.4, -0.2) is 39.4 Å². The molecule has 0 unspecified atom stereocenters. The average Bonchev–Trinajstić information content (AvgIpc) is 3.26. The number of aromatic nitrogens is 2. The van der Waals surface area contributed by atoms with Crippen molar-refractivity contribution in [1.82, 2.24) is 14.7 Å². The summed E-state index contributed by atoms with van der Waals surface area (Å²) in [6.07, 6.45) is 2.60. The molecule has 0 fully saturated rings. The Hall–Kier alpha value is -2.71. The molecule has 3 rings (SSSR count). The second kappa shape index (κ2) is 9.86. The molecule has 2 aromatic heterocycles. The topological polar surface area (TPSA) is 59.4 Å². The number of anilines is 1. The molecule has 0 aliphatic carbocycles. The van der Waals surface area contributed by atoms with Gasteiger partial charge in [0.1, 0.15) is 5.00 Å². The van der Waals surface area contributed by atoms with Crippen molar-refractivity contribution >= 4 is 39.6 Å². The Morgan fingerprint density at radius 2 is 2.07 bits per heavy atom. The Labute approximate surface area is 186 Å². The normalized spacial score (nSPS) is 10.7. The van der Waals surface area contributed by atoms with Crippen LogP contribution in [0.4, 0.5) is 5.00 Å². The van der Waals surface area contributed by atoms with E-state index >= 15 is 0 Å². The maximum atomic E-state index is 12.5. The van der Waals surface area contributed by atoms with Crippen molar-refractivity contribution < 1.29 is 9.53 Å². The molecule has 0 aliphatic rings. The zero-order chi connectivity index (χ0) is 21.7. The lowest BCUT2D eigenvalue weighted by Crippen LogP contribution is -2.31. The van der Waals surface area contributed by atoms with Gasteiger partial charge in [0.2, 0.25) is 0 Å². The van der Waals surface area contributed by atoms with Gasteiger partial charge in [-0.2, -0.15) is 5.10 Å². The van der Waals surface area contributed by atoms with Gasteiger partial charge in [-0.05, 0) is 37.7 Å². The first kappa shape index (κ1) is 22.0. The summed E-state index contributed by atoms with van der Waals surface area (Å²) in [5, 5.41) is 8.78. The van der Waals surface area contributed by atoms with Crippen molar-refractivity contribution in [2.24, 2.45) is 7.05 Å². The summed E-state index contributed by atoms with van der Waals surface area (Å²) < 4.78 is 7.09. The van der Waals surface area contributed by atoms with Gasteiger partial charge in [-0.25, -0.2) is 4.79 Å². The molecule has 0 aliphatic heterocycles. The van der Waals surface area contributed by atoms with Crippen molar-refractivity contribution in [3.8, 4) is 0 Å². The first-order chi connectivity index (χ1) is 14.4. The van der Waals surface area contributed by atoms with Crippen LogP contribution in [0.2, 0.25) is 0 Å². The molecule has 0 spiro atoms. The number of aryl methyl sites for hydroxylation is 1. The molecule has 8 heteroatoms. The van der Waals surface area contributed by atoms with Gasteiger partial charge in [0.05, 0.1) is 18.4 Å². The highest BCUT2D eigenvalue weighted by Gasteiger charge is 2.20. The average molecular weight is 443 g/mol. The Morgan fingerprint density at radius 1 is 1.33 bits per heavy atom. The number of esters is 1. The summed E-state index contributed by atoms with van der Waals surface area (Å²) >= 11 is 7.13. The molecule has 158 valence electrons. The molecule has 1 aromatic carbocycles. The van der Waals surface area contributed by atoms with Crippen molar-refractivity contribution in [2.75, 3.05) is 19.0 Å². The summed E-state index contributed by atoms with van der Waals surface area (Å²) in [5.74, 6) is -0.343. The van der Waals surface area contributed by atoms with Gasteiger partial charge in [0.15, 0.2) is 5.11 Å². The zero-order valence-corrected chi connectivity index (χ0v) is 19.3. The van der Waals surface area contributed by atoms with Gasteiger partial charge in [0.25, 0.3) is 0 Å². The van der Waals surface area contributed by atoms with Crippen LogP contribution in [0.1, 0.15) is 39.0 Å². The number of carbonyl (C=O) groups excluding carboxylic acids is 1. The maximum absolute atomic E-state index is 12.5. The first-order valence-electron chi connectivity index (χ1n) is 9.72. The summed E-state index contributed by atoms with van der Waals surface area (Å²) in [6, 6.07) is 12.1. The molecule has 0 radical (unpaired) electrons. The Morgan fingerprint density at radius 3 is 2.70 bits per heavy atom. The molecule has 0 saturated heterocycles. The van der Waals surface area contributed by atoms with Gasteiger partial charge in [-0.15, -0.1) is 11.3 Å². The lowest BCUT2D eigenvalue weighted by molar-refractivity contribution is 0.0528. The number of nitrogens with zero attached hydrogens (tertiary/aromatic N) is 3. The molecule has 0 saturated carbocycles. The number of carbonyl (C=O) groups is 1. The molecule has 3 aromatic rings. The molecule has 0 amide bonds. The molecule has 1 N–H and O–H groups in total. The summed E-state index contributed by atoms with van der Waals surface area (Å²) in [7, 11) is 3.84. The van der Waals surface area contributed by atoms with Crippen LogP contribution in [0.25, 0.3) is 0 Å². The van der Waals surface area contributed by atoms with Crippen LogP contribution in [0.3, 0.4) is 0 Å². The second-order valence-corrected chi connectivity index (χ2v) is 8.53. The van der Waals surface area contributed by atoms with Crippen LogP contribution in [0.5, 0.6) is 0 Å². The van der Waals surface area contributed by atoms with E-state index in [0.29, 0.717) is 28.8 Å². The predicted octanol–water partition coefficient (Wildman–Crippen LogP) is 4.39. The SMILES string of the molecule is CCOC(=O)c1cc(Cc2ccccc2)sc1NC(=S)N(C)Cc1cnn(C)c1C. The van der Waals surface area contributed by atoms with E-state index in [1.807, 2.05) is 61.1 Å². The Kier molecular flexibility index (Phi) is 7.23. The second-order valence-electron chi connectivity index (χ2n) is 7.00. The van der Waals surface area contributed by atoms with Gasteiger partial charge < -0.3 is 15.0 Å². The molecule has 6 nitrogen and oxygen atoms in total. The van der Waals surface area contributed by atoms with Crippen LogP contribution < -0.4 is 5.32 Å². The fraction of sp³-hybridized carbons (Fsp3) is 0.318. The Bertz CT molecular complexity index is 1030. The van der Waals surface area contributed by atoms with Crippen LogP contribution in [0.15, 0.2) is 42.6 Å². The summed E-state index contributed by atoms with van der Waals surface area (Å²) in [4.78, 5) is 15.5. The highest BCUT2D eigenvalue weighted by atomic mass is 32.1. The van der Waals surface area contributed by atoms with Crippen LogP contribution in [0, 0.1) is 6.92 Å². The number of thiocarbonyl (C=S) groups is 1. The highest BCUT2D eigenvalue weighted by molar-refractivity contribution is 7.80. The Balaban J connectivity index is 1.77. The molecular weight excluding hydrogens is 416 g/mol. The quantitative estimate of drug-likeness (QED) is 0.433. The van der Waals surface area contributed by atoms with E-state index in [4.69, 9.17) is 17.0 Å². The number of benzene rings is 1. The minimum absolute atomic E-state index is 0.326. The van der Waals surface area contributed by atoms with Crippen LogP contribution in [-0.2, 0) is 24.8 Å². The van der Waals surface area contributed by atoms with E-state index in [9.17, 15) is 4.79 Å². The van der Waals surface area contributed by atoms with Crippen molar-refractivity contribution in [1.29, 1.82) is 0 Å². The minimum atomic E-state index is -0.343. The number of rotatable bonds is 7. The summed E-state index contributed by atoms with van der Waals surface area (Å²) in [6.45, 7) is 4.78. The fourth-order valence-corrected chi connectivity index (χ4v) is 4.31. The number of thiophene rings is 1. The predicted molar refractivity (Wildman–Crippen MR) is 125 cm³/mol. The number of ether oxygens (including phenoxy) is 1. The maximum Gasteiger partial charge on any atom is 0.341 e. The van der Waals surface area contributed by atoms with Crippen molar-refractivity contribution in [3.63, 3.8) is 0 Å². The van der Waals surface area contributed by atoms with Gasteiger partial charge in [0, 0.05) is 43.2 Å². The molecule has 30 heavy (non-hydrogen) atoms. The van der Waals surface area contributed by atoms with E-state index in [0.717, 1.165) is 22.6 Å². The lowest BCUT2D eigenvalue weighted by atomic mass is 10.1. The number of hydrogen-bond acceptors (Lipinski definition) is 5. The standard InChI is InChI=1S/C22H26N4O2S2/c1-5-28-21(27)19-12-18(11-16-9-7-6-8-10-16)30-20(19)24-22(29)25(3)14-17-13-23-26(4)15(17)2/h6-10,12-13H,5,11,14H2,1-4H3,(H,24,29). The third-order valence-electron chi connectivity index (χ3n) is 4.81. The van der Waals surface area contributed by atoms with Crippen molar-refractivity contribution in [3.05, 3.63) is 69.9 Å². The van der Waals surface area contributed by atoms with E-state index < -0.39 is 0 Å². The third-order valence-corrected chi connectivity index (χ3v) is 6.28. The first-order valence-corrected chi connectivity index (χ1v) is 10.9. The van der Waals surface area contributed by atoms with Crippen LogP contribution >= 0.6 is 23.6 Å². The number of hydrogen-bond donors (Lipinski definition) is 1. The smallest absolute Gasteiger partial charge is 0.341 e. The fourth-order valence-electron chi connectivity index (χ4n) is 3.00.